The summed E-state index contributed by atoms with van der Waals surface area (Å²) in [5, 5.41) is 7.80. The predicted octanol–water partition coefficient (Wildman–Crippen LogP) is 1.25. The molecule has 2 rings (SSSR count). The Kier molecular flexibility index (Phi) is 3.38. The van der Waals surface area contributed by atoms with Gasteiger partial charge in [-0.3, -0.25) is 4.68 Å². The minimum Gasteiger partial charge on any atom is -0.381 e. The molecule has 0 spiro atoms. The quantitative estimate of drug-likeness (QED) is 0.814. The van der Waals surface area contributed by atoms with E-state index in [-0.39, 0.29) is 0 Å². The van der Waals surface area contributed by atoms with Gasteiger partial charge in [0.15, 0.2) is 0 Å². The van der Waals surface area contributed by atoms with Gasteiger partial charge in [-0.1, -0.05) is 0 Å². The predicted molar refractivity (Wildman–Crippen MR) is 58.6 cm³/mol. The Morgan fingerprint density at radius 2 is 2.27 bits per heavy atom. The topological polar surface area (TPSA) is 39.1 Å². The third kappa shape index (κ3) is 2.58. The summed E-state index contributed by atoms with van der Waals surface area (Å²) in [5.74, 6) is 0. The zero-order valence-corrected chi connectivity index (χ0v) is 9.44. The molecule has 0 radical (unpaired) electrons. The highest BCUT2D eigenvalue weighted by atomic mass is 16.5. The molecular formula is C11H19N3O. The molecule has 4 nitrogen and oxygen atoms in total. The van der Waals surface area contributed by atoms with E-state index in [0.29, 0.717) is 12.1 Å². The summed E-state index contributed by atoms with van der Waals surface area (Å²) in [5.41, 5.74) is 1.24. The summed E-state index contributed by atoms with van der Waals surface area (Å²) in [7, 11) is 1.98. The van der Waals surface area contributed by atoms with Gasteiger partial charge in [0.2, 0.25) is 0 Å². The van der Waals surface area contributed by atoms with Crippen molar-refractivity contribution in [3.63, 3.8) is 0 Å². The number of rotatable bonds is 3. The number of hydrogen-bond acceptors (Lipinski definition) is 3. The fourth-order valence-electron chi connectivity index (χ4n) is 2.11. The van der Waals surface area contributed by atoms with Crippen LogP contribution in [0.2, 0.25) is 0 Å². The van der Waals surface area contributed by atoms with Crippen LogP contribution in [0.3, 0.4) is 0 Å². The van der Waals surface area contributed by atoms with Gasteiger partial charge in [0.25, 0.3) is 0 Å². The third-order valence-electron chi connectivity index (χ3n) is 3.01. The Labute approximate surface area is 90.6 Å². The second-order valence-electron chi connectivity index (χ2n) is 4.15. The van der Waals surface area contributed by atoms with Crippen LogP contribution in [0, 0.1) is 0 Å². The van der Waals surface area contributed by atoms with Gasteiger partial charge in [-0.05, 0) is 25.8 Å². The molecular weight excluding hydrogens is 190 g/mol. The van der Waals surface area contributed by atoms with Crippen LogP contribution in [-0.4, -0.2) is 29.0 Å². The largest absolute Gasteiger partial charge is 0.381 e. The number of aromatic nitrogens is 2. The molecule has 1 atom stereocenters. The van der Waals surface area contributed by atoms with E-state index < -0.39 is 0 Å². The van der Waals surface area contributed by atoms with Crippen LogP contribution < -0.4 is 5.32 Å². The van der Waals surface area contributed by atoms with E-state index in [0.717, 1.165) is 26.1 Å². The van der Waals surface area contributed by atoms with Gasteiger partial charge >= 0.3 is 0 Å². The summed E-state index contributed by atoms with van der Waals surface area (Å²) in [6.07, 6.45) is 4.07. The smallest absolute Gasteiger partial charge is 0.0547 e. The molecule has 1 aromatic heterocycles. The molecule has 0 aliphatic carbocycles. The lowest BCUT2D eigenvalue weighted by Crippen LogP contribution is -2.36. The summed E-state index contributed by atoms with van der Waals surface area (Å²) in [4.78, 5) is 0. The highest BCUT2D eigenvalue weighted by Gasteiger charge is 2.17. The molecule has 1 aliphatic heterocycles. The van der Waals surface area contributed by atoms with Crippen molar-refractivity contribution in [2.45, 2.75) is 31.8 Å². The molecule has 15 heavy (non-hydrogen) atoms. The lowest BCUT2D eigenvalue weighted by atomic mass is 10.1. The van der Waals surface area contributed by atoms with Gasteiger partial charge in [-0.2, -0.15) is 5.10 Å². The zero-order valence-electron chi connectivity index (χ0n) is 9.44. The summed E-state index contributed by atoms with van der Waals surface area (Å²) < 4.78 is 7.27. The molecule has 1 aliphatic rings. The number of nitrogens with zero attached hydrogens (tertiary/aromatic N) is 2. The minimum absolute atomic E-state index is 0.362. The molecule has 1 aromatic rings. The fourth-order valence-corrected chi connectivity index (χ4v) is 2.11. The lowest BCUT2D eigenvalue weighted by molar-refractivity contribution is 0.0752. The van der Waals surface area contributed by atoms with Crippen LogP contribution >= 0.6 is 0 Å². The van der Waals surface area contributed by atoms with E-state index in [2.05, 4.69) is 23.4 Å². The average molecular weight is 209 g/mol. The SMILES string of the molecule is CC(NC1CCOCC1)c1ccnn1C. The molecule has 0 saturated carbocycles. The average Bonchev–Trinajstić information content (AvgIpc) is 2.66. The first-order valence-electron chi connectivity index (χ1n) is 5.59. The van der Waals surface area contributed by atoms with Gasteiger partial charge in [0.1, 0.15) is 0 Å². The first kappa shape index (κ1) is 10.6. The Bertz CT molecular complexity index is 305. The van der Waals surface area contributed by atoms with Gasteiger partial charge in [-0.25, -0.2) is 0 Å². The second kappa shape index (κ2) is 4.77. The number of hydrogen-bond donors (Lipinski definition) is 1. The first-order valence-corrected chi connectivity index (χ1v) is 5.59. The van der Waals surface area contributed by atoms with E-state index >= 15 is 0 Å². The Morgan fingerprint density at radius 1 is 1.53 bits per heavy atom. The van der Waals surface area contributed by atoms with Crippen molar-refractivity contribution >= 4 is 0 Å². The van der Waals surface area contributed by atoms with Crippen molar-refractivity contribution in [1.82, 2.24) is 15.1 Å². The number of aryl methyl sites for hydroxylation is 1. The van der Waals surface area contributed by atoms with Crippen LogP contribution in [0.4, 0.5) is 0 Å². The van der Waals surface area contributed by atoms with Crippen molar-refractivity contribution in [1.29, 1.82) is 0 Å². The molecule has 1 N–H and O–H groups in total. The van der Waals surface area contributed by atoms with E-state index in [4.69, 9.17) is 4.74 Å². The highest BCUT2D eigenvalue weighted by molar-refractivity contribution is 5.05. The van der Waals surface area contributed by atoms with Crippen molar-refractivity contribution in [2.75, 3.05) is 13.2 Å². The maximum atomic E-state index is 5.34. The van der Waals surface area contributed by atoms with Gasteiger partial charge < -0.3 is 10.1 Å². The first-order chi connectivity index (χ1) is 7.27. The Balaban J connectivity index is 1.91. The Morgan fingerprint density at radius 3 is 2.87 bits per heavy atom. The van der Waals surface area contributed by atoms with Gasteiger partial charge in [0.05, 0.1) is 5.69 Å². The standard InChI is InChI=1S/C11H19N3O/c1-9(11-3-6-12-14(11)2)13-10-4-7-15-8-5-10/h3,6,9-10,13H,4-5,7-8H2,1-2H3. The van der Waals surface area contributed by atoms with Crippen molar-refractivity contribution in [3.8, 4) is 0 Å². The van der Waals surface area contributed by atoms with E-state index in [1.807, 2.05) is 17.9 Å². The monoisotopic (exact) mass is 209 g/mol. The van der Waals surface area contributed by atoms with Crippen molar-refractivity contribution in [3.05, 3.63) is 18.0 Å². The van der Waals surface area contributed by atoms with Crippen LogP contribution in [0.1, 0.15) is 31.5 Å². The Hall–Kier alpha value is -0.870. The molecule has 0 amide bonds. The second-order valence-corrected chi connectivity index (χ2v) is 4.15. The van der Waals surface area contributed by atoms with Gasteiger partial charge in [-0.15, -0.1) is 0 Å². The minimum atomic E-state index is 0.362. The fraction of sp³-hybridized carbons (Fsp3) is 0.727. The lowest BCUT2D eigenvalue weighted by Gasteiger charge is -2.26. The van der Waals surface area contributed by atoms with Crippen molar-refractivity contribution < 1.29 is 4.74 Å². The molecule has 2 heterocycles. The molecule has 1 saturated heterocycles. The third-order valence-corrected chi connectivity index (χ3v) is 3.01. The normalized spacial score (nSPS) is 20.4. The zero-order chi connectivity index (χ0) is 10.7. The van der Waals surface area contributed by atoms with Crippen LogP contribution in [0.25, 0.3) is 0 Å². The molecule has 0 bridgehead atoms. The van der Waals surface area contributed by atoms with E-state index in [1.165, 1.54) is 5.69 Å². The molecule has 84 valence electrons. The van der Waals surface area contributed by atoms with Crippen LogP contribution in [0.5, 0.6) is 0 Å². The van der Waals surface area contributed by atoms with Crippen molar-refractivity contribution in [2.24, 2.45) is 7.05 Å². The maximum absolute atomic E-state index is 5.34. The molecule has 1 fully saturated rings. The molecule has 1 unspecified atom stereocenters. The van der Waals surface area contributed by atoms with E-state index in [1.54, 1.807) is 0 Å². The molecule has 4 heteroatoms. The highest BCUT2D eigenvalue weighted by Crippen LogP contribution is 2.15. The van der Waals surface area contributed by atoms with Gasteiger partial charge in [0, 0.05) is 38.5 Å². The number of nitrogens with one attached hydrogen (secondary N) is 1. The summed E-state index contributed by atoms with van der Waals surface area (Å²) >= 11 is 0. The van der Waals surface area contributed by atoms with Crippen LogP contribution in [-0.2, 0) is 11.8 Å². The number of ether oxygens (including phenoxy) is 1. The maximum Gasteiger partial charge on any atom is 0.0547 e. The van der Waals surface area contributed by atoms with Crippen LogP contribution in [0.15, 0.2) is 12.3 Å². The summed E-state index contributed by atoms with van der Waals surface area (Å²) in [6, 6.07) is 3.01. The molecule has 0 aromatic carbocycles. The van der Waals surface area contributed by atoms with E-state index in [9.17, 15) is 0 Å². The summed E-state index contributed by atoms with van der Waals surface area (Å²) in [6.45, 7) is 3.96.